The van der Waals surface area contributed by atoms with Gasteiger partial charge in [0.1, 0.15) is 0 Å². The number of hydrogen-bond donors (Lipinski definition) is 1. The minimum Gasteiger partial charge on any atom is -0.478 e. The molecule has 0 saturated heterocycles. The van der Waals surface area contributed by atoms with Gasteiger partial charge in [-0.05, 0) is 26.8 Å². The van der Waals surface area contributed by atoms with Crippen LogP contribution < -0.4 is 0 Å². The van der Waals surface area contributed by atoms with E-state index in [1.54, 1.807) is 6.92 Å². The second-order valence-corrected chi connectivity index (χ2v) is 4.49. The van der Waals surface area contributed by atoms with Gasteiger partial charge in [0.05, 0.1) is 0 Å². The number of aryl methyl sites for hydroxylation is 2. The minimum atomic E-state index is -0.917. The third-order valence-electron chi connectivity index (χ3n) is 1.76. The number of carboxylic acids is 1. The SMILES string of the molecule is CC(=CC(=O)O)CSc1nc(C)cc(C)n1. The lowest BCUT2D eigenvalue weighted by Gasteiger charge is -2.02. The third-order valence-corrected chi connectivity index (χ3v) is 2.80. The maximum Gasteiger partial charge on any atom is 0.328 e. The lowest BCUT2D eigenvalue weighted by molar-refractivity contribution is -0.131. The number of nitrogens with zero attached hydrogens (tertiary/aromatic N) is 2. The molecule has 0 aliphatic rings. The Labute approximate surface area is 98.8 Å². The van der Waals surface area contributed by atoms with Gasteiger partial charge in [-0.2, -0.15) is 0 Å². The average Bonchev–Trinajstić information content (AvgIpc) is 2.12. The molecule has 0 bridgehead atoms. The number of aromatic nitrogens is 2. The van der Waals surface area contributed by atoms with Gasteiger partial charge in [-0.1, -0.05) is 17.3 Å². The van der Waals surface area contributed by atoms with Crippen molar-refractivity contribution >= 4 is 17.7 Å². The van der Waals surface area contributed by atoms with Gasteiger partial charge in [0, 0.05) is 23.2 Å². The summed E-state index contributed by atoms with van der Waals surface area (Å²) < 4.78 is 0. The van der Waals surface area contributed by atoms with Crippen LogP contribution in [0, 0.1) is 13.8 Å². The fraction of sp³-hybridized carbons (Fsp3) is 0.364. The van der Waals surface area contributed by atoms with E-state index in [2.05, 4.69) is 9.97 Å². The van der Waals surface area contributed by atoms with Crippen molar-refractivity contribution in [3.63, 3.8) is 0 Å². The van der Waals surface area contributed by atoms with Crippen LogP contribution in [0.5, 0.6) is 0 Å². The van der Waals surface area contributed by atoms with Gasteiger partial charge in [-0.3, -0.25) is 0 Å². The van der Waals surface area contributed by atoms with E-state index in [0.29, 0.717) is 10.9 Å². The summed E-state index contributed by atoms with van der Waals surface area (Å²) >= 11 is 1.44. The summed E-state index contributed by atoms with van der Waals surface area (Å²) in [5.41, 5.74) is 2.64. The Morgan fingerprint density at radius 1 is 1.44 bits per heavy atom. The van der Waals surface area contributed by atoms with Gasteiger partial charge < -0.3 is 5.11 Å². The summed E-state index contributed by atoms with van der Waals surface area (Å²) in [5, 5.41) is 9.24. The molecule has 1 aromatic heterocycles. The second-order valence-electron chi connectivity index (χ2n) is 3.55. The monoisotopic (exact) mass is 238 g/mol. The number of carboxylic acid groups (broad SMARTS) is 1. The van der Waals surface area contributed by atoms with E-state index in [9.17, 15) is 4.79 Å². The average molecular weight is 238 g/mol. The quantitative estimate of drug-likeness (QED) is 0.495. The van der Waals surface area contributed by atoms with Crippen LogP contribution in [0.15, 0.2) is 22.9 Å². The maximum absolute atomic E-state index is 10.4. The van der Waals surface area contributed by atoms with Crippen LogP contribution in [-0.2, 0) is 4.79 Å². The molecule has 4 nitrogen and oxygen atoms in total. The lowest BCUT2D eigenvalue weighted by atomic mass is 10.3. The molecule has 0 aliphatic carbocycles. The smallest absolute Gasteiger partial charge is 0.328 e. The highest BCUT2D eigenvalue weighted by Gasteiger charge is 2.02. The minimum absolute atomic E-state index is 0.592. The summed E-state index contributed by atoms with van der Waals surface area (Å²) in [6.07, 6.45) is 1.20. The second kappa shape index (κ2) is 5.65. The maximum atomic E-state index is 10.4. The van der Waals surface area contributed by atoms with Crippen molar-refractivity contribution in [3.05, 3.63) is 29.1 Å². The first kappa shape index (κ1) is 12.7. The molecule has 1 heterocycles. The Hall–Kier alpha value is -1.36. The summed E-state index contributed by atoms with van der Waals surface area (Å²) in [6.45, 7) is 5.61. The van der Waals surface area contributed by atoms with Crippen molar-refractivity contribution < 1.29 is 9.90 Å². The Bertz CT molecular complexity index is 410. The van der Waals surface area contributed by atoms with Crippen molar-refractivity contribution in [1.82, 2.24) is 9.97 Å². The molecule has 0 fully saturated rings. The van der Waals surface area contributed by atoms with Crippen molar-refractivity contribution in [2.45, 2.75) is 25.9 Å². The number of carbonyl (C=O) groups is 1. The molecule has 0 spiro atoms. The highest BCUT2D eigenvalue weighted by atomic mass is 32.2. The Balaban J connectivity index is 2.64. The van der Waals surface area contributed by atoms with E-state index in [0.717, 1.165) is 17.0 Å². The van der Waals surface area contributed by atoms with Crippen LogP contribution in [0.4, 0.5) is 0 Å². The van der Waals surface area contributed by atoms with Crippen LogP contribution in [0.3, 0.4) is 0 Å². The highest BCUT2D eigenvalue weighted by Crippen LogP contribution is 2.16. The van der Waals surface area contributed by atoms with E-state index >= 15 is 0 Å². The normalized spacial score (nSPS) is 11.6. The lowest BCUT2D eigenvalue weighted by Crippen LogP contribution is -1.95. The fourth-order valence-corrected chi connectivity index (χ4v) is 2.05. The zero-order chi connectivity index (χ0) is 12.1. The van der Waals surface area contributed by atoms with Crippen LogP contribution in [0.2, 0.25) is 0 Å². The van der Waals surface area contributed by atoms with Gasteiger partial charge in [0.15, 0.2) is 5.16 Å². The predicted octanol–water partition coefficient (Wildman–Crippen LogP) is 2.22. The van der Waals surface area contributed by atoms with Crippen LogP contribution in [-0.4, -0.2) is 26.8 Å². The van der Waals surface area contributed by atoms with E-state index in [1.807, 2.05) is 19.9 Å². The topological polar surface area (TPSA) is 63.1 Å². The molecular weight excluding hydrogens is 224 g/mol. The number of thioether (sulfide) groups is 1. The van der Waals surface area contributed by atoms with Crippen molar-refractivity contribution in [3.8, 4) is 0 Å². The molecule has 0 radical (unpaired) electrons. The molecule has 1 N–H and O–H groups in total. The fourth-order valence-electron chi connectivity index (χ4n) is 1.19. The first-order valence-electron chi connectivity index (χ1n) is 4.82. The molecule has 1 aromatic rings. The largest absolute Gasteiger partial charge is 0.478 e. The standard InChI is InChI=1S/C11H14N2O2S/c1-7(4-10(14)15)6-16-11-12-8(2)5-9(3)13-11/h4-5H,6H2,1-3H3,(H,14,15). The van der Waals surface area contributed by atoms with Crippen molar-refractivity contribution in [2.24, 2.45) is 0 Å². The van der Waals surface area contributed by atoms with E-state index in [1.165, 1.54) is 17.8 Å². The molecule has 0 aliphatic heterocycles. The van der Waals surface area contributed by atoms with Gasteiger partial charge >= 0.3 is 5.97 Å². The van der Waals surface area contributed by atoms with Gasteiger partial charge in [-0.15, -0.1) is 0 Å². The molecule has 1 rings (SSSR count). The third kappa shape index (κ3) is 4.44. The van der Waals surface area contributed by atoms with E-state index in [4.69, 9.17) is 5.11 Å². The number of aliphatic carboxylic acids is 1. The van der Waals surface area contributed by atoms with E-state index < -0.39 is 5.97 Å². The zero-order valence-electron chi connectivity index (χ0n) is 9.52. The Morgan fingerprint density at radius 2 is 2.00 bits per heavy atom. The molecule has 16 heavy (non-hydrogen) atoms. The Kier molecular flexibility index (Phi) is 4.49. The zero-order valence-corrected chi connectivity index (χ0v) is 10.3. The summed E-state index contributed by atoms with van der Waals surface area (Å²) in [5.74, 6) is -0.325. The number of hydrogen-bond acceptors (Lipinski definition) is 4. The molecule has 0 amide bonds. The predicted molar refractivity (Wildman–Crippen MR) is 63.6 cm³/mol. The first-order chi connectivity index (χ1) is 7.47. The molecule has 0 aromatic carbocycles. The number of rotatable bonds is 4. The van der Waals surface area contributed by atoms with Crippen LogP contribution in [0.1, 0.15) is 18.3 Å². The Morgan fingerprint density at radius 3 is 2.50 bits per heavy atom. The molecule has 86 valence electrons. The van der Waals surface area contributed by atoms with Crippen molar-refractivity contribution in [1.29, 1.82) is 0 Å². The summed E-state index contributed by atoms with van der Waals surface area (Å²) in [7, 11) is 0. The van der Waals surface area contributed by atoms with Crippen LogP contribution in [0.25, 0.3) is 0 Å². The molecule has 0 atom stereocenters. The summed E-state index contributed by atoms with van der Waals surface area (Å²) in [6, 6.07) is 1.91. The molecule has 5 heteroatoms. The van der Waals surface area contributed by atoms with Gasteiger partial charge in [-0.25, -0.2) is 14.8 Å². The van der Waals surface area contributed by atoms with Crippen LogP contribution >= 0.6 is 11.8 Å². The highest BCUT2D eigenvalue weighted by molar-refractivity contribution is 7.99. The van der Waals surface area contributed by atoms with Gasteiger partial charge in [0.25, 0.3) is 0 Å². The first-order valence-corrected chi connectivity index (χ1v) is 5.81. The van der Waals surface area contributed by atoms with E-state index in [-0.39, 0.29) is 0 Å². The van der Waals surface area contributed by atoms with Crippen molar-refractivity contribution in [2.75, 3.05) is 5.75 Å². The summed E-state index contributed by atoms with van der Waals surface area (Å²) in [4.78, 5) is 18.9. The molecule has 0 saturated carbocycles. The molecule has 0 unspecified atom stereocenters. The molecular formula is C11H14N2O2S. The van der Waals surface area contributed by atoms with Gasteiger partial charge in [0.2, 0.25) is 0 Å².